The number of benzene rings is 1. The fourth-order valence-electron chi connectivity index (χ4n) is 3.13. The molecule has 1 aromatic carbocycles. The number of carbonyl (C=O) groups is 1. The summed E-state index contributed by atoms with van der Waals surface area (Å²) in [6.45, 7) is 10.0. The molecule has 2 N–H and O–H groups in total. The van der Waals surface area contributed by atoms with Crippen LogP contribution >= 0.6 is 11.8 Å². The highest BCUT2D eigenvalue weighted by molar-refractivity contribution is 7.99. The van der Waals surface area contributed by atoms with Crippen LogP contribution in [-0.4, -0.2) is 31.2 Å². The smallest absolute Gasteiger partial charge is 0.252 e. The van der Waals surface area contributed by atoms with Crippen LogP contribution in [0, 0.1) is 20.8 Å². The van der Waals surface area contributed by atoms with E-state index in [1.807, 2.05) is 46.8 Å². The Morgan fingerprint density at radius 2 is 1.85 bits per heavy atom. The second-order valence-electron chi connectivity index (χ2n) is 6.97. The number of rotatable bonds is 5. The number of aromatic nitrogens is 4. The van der Waals surface area contributed by atoms with Crippen LogP contribution in [-0.2, 0) is 4.79 Å². The van der Waals surface area contributed by atoms with Crippen LogP contribution in [0.25, 0.3) is 5.78 Å². The van der Waals surface area contributed by atoms with Crippen LogP contribution in [0.1, 0.15) is 42.1 Å². The second-order valence-corrected chi connectivity index (χ2v) is 7.91. The Bertz CT molecular complexity index is 1040. The van der Waals surface area contributed by atoms with Gasteiger partial charge in [-0.15, -0.1) is 10.2 Å². The number of aromatic amines is 1. The van der Waals surface area contributed by atoms with E-state index in [1.165, 1.54) is 17.3 Å². The van der Waals surface area contributed by atoms with Gasteiger partial charge in [0.25, 0.3) is 5.56 Å². The van der Waals surface area contributed by atoms with Crippen molar-refractivity contribution < 1.29 is 4.79 Å². The first kappa shape index (κ1) is 19.2. The molecule has 0 spiro atoms. The summed E-state index contributed by atoms with van der Waals surface area (Å²) in [4.78, 5) is 26.9. The Labute approximate surface area is 161 Å². The van der Waals surface area contributed by atoms with Gasteiger partial charge in [-0.25, -0.2) is 0 Å². The van der Waals surface area contributed by atoms with Crippen molar-refractivity contribution in [1.29, 1.82) is 0 Å². The van der Waals surface area contributed by atoms with Crippen molar-refractivity contribution in [3.63, 3.8) is 0 Å². The highest BCUT2D eigenvalue weighted by atomic mass is 32.2. The lowest BCUT2D eigenvalue weighted by Crippen LogP contribution is -2.17. The summed E-state index contributed by atoms with van der Waals surface area (Å²) in [5.74, 6) is 0.600. The summed E-state index contributed by atoms with van der Waals surface area (Å²) >= 11 is 1.29. The van der Waals surface area contributed by atoms with Gasteiger partial charge in [-0.3, -0.25) is 19.0 Å². The Balaban J connectivity index is 1.79. The molecule has 2 heterocycles. The minimum atomic E-state index is -0.210. The molecule has 7 nitrogen and oxygen atoms in total. The highest BCUT2D eigenvalue weighted by Gasteiger charge is 2.16. The molecule has 142 valence electrons. The van der Waals surface area contributed by atoms with Crippen LogP contribution in [0.4, 0.5) is 5.69 Å². The predicted molar refractivity (Wildman–Crippen MR) is 108 cm³/mol. The molecule has 0 unspecified atom stereocenters. The largest absolute Gasteiger partial charge is 0.325 e. The third kappa shape index (κ3) is 4.05. The maximum atomic E-state index is 12.5. The molecule has 2 aromatic heterocycles. The van der Waals surface area contributed by atoms with Crippen LogP contribution in [0.3, 0.4) is 0 Å². The summed E-state index contributed by atoms with van der Waals surface area (Å²) in [7, 11) is 0. The quantitative estimate of drug-likeness (QED) is 0.658. The number of hydrogen-bond acceptors (Lipinski definition) is 5. The molecule has 0 fully saturated rings. The van der Waals surface area contributed by atoms with Gasteiger partial charge < -0.3 is 5.32 Å². The molecule has 0 saturated heterocycles. The lowest BCUT2D eigenvalue weighted by molar-refractivity contribution is -0.113. The summed E-state index contributed by atoms with van der Waals surface area (Å²) in [6, 6.07) is 5.64. The Hall–Kier alpha value is -2.61. The van der Waals surface area contributed by atoms with E-state index in [4.69, 9.17) is 0 Å². The third-order valence-electron chi connectivity index (χ3n) is 4.27. The number of thioether (sulfide) groups is 1. The van der Waals surface area contributed by atoms with Gasteiger partial charge in [0.2, 0.25) is 11.7 Å². The first-order chi connectivity index (χ1) is 12.8. The van der Waals surface area contributed by atoms with Crippen molar-refractivity contribution in [3.8, 4) is 0 Å². The number of aryl methyl sites for hydroxylation is 3. The average Bonchev–Trinajstić information content (AvgIpc) is 2.98. The third-order valence-corrected chi connectivity index (χ3v) is 5.20. The minimum Gasteiger partial charge on any atom is -0.325 e. The topological polar surface area (TPSA) is 92.2 Å². The lowest BCUT2D eigenvalue weighted by atomic mass is 10.1. The van der Waals surface area contributed by atoms with E-state index in [2.05, 4.69) is 20.5 Å². The summed E-state index contributed by atoms with van der Waals surface area (Å²) in [6.07, 6.45) is 0. The molecule has 1 amide bonds. The molecule has 0 aliphatic heterocycles. The van der Waals surface area contributed by atoms with Crippen molar-refractivity contribution in [2.24, 2.45) is 0 Å². The van der Waals surface area contributed by atoms with Crippen LogP contribution in [0.15, 0.2) is 28.2 Å². The number of amides is 1. The number of hydrogen-bond donors (Lipinski definition) is 2. The number of nitrogens with zero attached hydrogens (tertiary/aromatic N) is 3. The zero-order valence-corrected chi connectivity index (χ0v) is 16.9. The monoisotopic (exact) mass is 385 g/mol. The van der Waals surface area contributed by atoms with Gasteiger partial charge in [0.15, 0.2) is 5.16 Å². The number of H-pyrrole nitrogens is 1. The molecule has 3 aromatic rings. The Kier molecular flexibility index (Phi) is 5.36. The van der Waals surface area contributed by atoms with Crippen molar-refractivity contribution in [2.75, 3.05) is 11.1 Å². The lowest BCUT2D eigenvalue weighted by Gasteiger charge is -2.13. The van der Waals surface area contributed by atoms with E-state index >= 15 is 0 Å². The van der Waals surface area contributed by atoms with E-state index in [1.54, 1.807) is 10.5 Å². The highest BCUT2D eigenvalue weighted by Crippen LogP contribution is 2.24. The first-order valence-electron chi connectivity index (χ1n) is 8.75. The molecule has 27 heavy (non-hydrogen) atoms. The van der Waals surface area contributed by atoms with E-state index in [9.17, 15) is 9.59 Å². The molecular weight excluding hydrogens is 362 g/mol. The van der Waals surface area contributed by atoms with E-state index in [-0.39, 0.29) is 23.1 Å². The summed E-state index contributed by atoms with van der Waals surface area (Å²) in [5.41, 5.74) is 4.70. The normalized spacial score (nSPS) is 11.3. The SMILES string of the molecule is Cc1cc(C)c(NC(=O)CSc2nnc3[nH]c(=O)cc(C(C)C)n23)c(C)c1. The fraction of sp³-hybridized carbons (Fsp3) is 0.368. The Morgan fingerprint density at radius 1 is 1.19 bits per heavy atom. The molecular formula is C19H23N5O2S. The molecule has 0 radical (unpaired) electrons. The molecule has 0 aliphatic carbocycles. The van der Waals surface area contributed by atoms with E-state index < -0.39 is 0 Å². The van der Waals surface area contributed by atoms with Crippen molar-refractivity contribution in [3.05, 3.63) is 50.9 Å². The zero-order valence-electron chi connectivity index (χ0n) is 16.1. The molecule has 0 aliphatic rings. The Morgan fingerprint density at radius 3 is 2.48 bits per heavy atom. The molecule has 3 rings (SSSR count). The van der Waals surface area contributed by atoms with Crippen LogP contribution < -0.4 is 10.9 Å². The summed E-state index contributed by atoms with van der Waals surface area (Å²) in [5, 5.41) is 11.7. The van der Waals surface area contributed by atoms with E-state index in [0.29, 0.717) is 10.9 Å². The zero-order chi connectivity index (χ0) is 19.7. The average molecular weight is 385 g/mol. The maximum absolute atomic E-state index is 12.5. The van der Waals surface area contributed by atoms with Crippen LogP contribution in [0.5, 0.6) is 0 Å². The molecule has 0 atom stereocenters. The predicted octanol–water partition coefficient (Wildman–Crippen LogP) is 3.20. The van der Waals surface area contributed by atoms with Crippen molar-refractivity contribution >= 4 is 29.1 Å². The molecule has 0 saturated carbocycles. The van der Waals surface area contributed by atoms with Crippen molar-refractivity contribution in [1.82, 2.24) is 19.6 Å². The standard InChI is InChI=1S/C19H23N5O2S/c1-10(2)14-8-15(25)21-18-22-23-19(24(14)18)27-9-16(26)20-17-12(4)6-11(3)7-13(17)5/h6-8,10H,9H2,1-5H3,(H,20,26)(H,21,22,25). The van der Waals surface area contributed by atoms with Gasteiger partial charge in [-0.2, -0.15) is 0 Å². The van der Waals surface area contributed by atoms with Gasteiger partial charge in [0, 0.05) is 17.4 Å². The van der Waals surface area contributed by atoms with Gasteiger partial charge in [0.1, 0.15) is 0 Å². The number of fused-ring (bicyclic) bond motifs is 1. The van der Waals surface area contributed by atoms with Gasteiger partial charge in [0.05, 0.1) is 5.75 Å². The van der Waals surface area contributed by atoms with E-state index in [0.717, 1.165) is 22.5 Å². The van der Waals surface area contributed by atoms with Gasteiger partial charge >= 0.3 is 0 Å². The maximum Gasteiger partial charge on any atom is 0.252 e. The van der Waals surface area contributed by atoms with Crippen molar-refractivity contribution in [2.45, 2.75) is 45.7 Å². The number of nitrogens with one attached hydrogen (secondary N) is 2. The number of carbonyl (C=O) groups excluding carboxylic acids is 1. The minimum absolute atomic E-state index is 0.109. The summed E-state index contributed by atoms with van der Waals surface area (Å²) < 4.78 is 1.80. The van der Waals surface area contributed by atoms with Gasteiger partial charge in [-0.1, -0.05) is 43.3 Å². The number of anilines is 1. The fourth-order valence-corrected chi connectivity index (χ4v) is 3.88. The molecule has 8 heteroatoms. The first-order valence-corrected chi connectivity index (χ1v) is 9.73. The van der Waals surface area contributed by atoms with Crippen LogP contribution in [0.2, 0.25) is 0 Å². The molecule has 0 bridgehead atoms. The second kappa shape index (κ2) is 7.56. The van der Waals surface area contributed by atoms with Gasteiger partial charge in [-0.05, 0) is 37.8 Å².